The van der Waals surface area contributed by atoms with Gasteiger partial charge in [-0.1, -0.05) is 11.6 Å². The zero-order valence-corrected chi connectivity index (χ0v) is 11.1. The Morgan fingerprint density at radius 3 is 3.17 bits per heavy atom. The molecule has 1 atom stereocenters. The molecule has 1 aliphatic rings. The molecule has 0 aromatic carbocycles. The minimum absolute atomic E-state index is 0.437. The Kier molecular flexibility index (Phi) is 3.14. The predicted octanol–water partition coefficient (Wildman–Crippen LogP) is 2.46. The van der Waals surface area contributed by atoms with Crippen LogP contribution in [0.4, 0.5) is 0 Å². The van der Waals surface area contributed by atoms with Crippen molar-refractivity contribution in [3.63, 3.8) is 0 Å². The molecule has 1 unspecified atom stereocenters. The molecule has 0 bridgehead atoms. The highest BCUT2D eigenvalue weighted by molar-refractivity contribution is 6.32. The number of nitrogens with one attached hydrogen (secondary N) is 1. The molecule has 96 valence electrons. The average Bonchev–Trinajstić information content (AvgIpc) is 2.77. The van der Waals surface area contributed by atoms with Crippen molar-refractivity contribution in [3.8, 4) is 5.75 Å². The highest BCUT2D eigenvalue weighted by Gasteiger charge is 2.21. The summed E-state index contributed by atoms with van der Waals surface area (Å²) < 4.78 is 7.29. The van der Waals surface area contributed by atoms with Gasteiger partial charge >= 0.3 is 0 Å². The Morgan fingerprint density at radius 1 is 1.56 bits per heavy atom. The van der Waals surface area contributed by atoms with Gasteiger partial charge in [0, 0.05) is 24.7 Å². The number of hydrogen-bond donors (Lipinski definition) is 1. The fourth-order valence-corrected chi connectivity index (χ4v) is 2.77. The van der Waals surface area contributed by atoms with Crippen LogP contribution in [-0.4, -0.2) is 29.6 Å². The largest absolute Gasteiger partial charge is 0.497 e. The van der Waals surface area contributed by atoms with E-state index >= 15 is 0 Å². The van der Waals surface area contributed by atoms with E-state index in [0.717, 1.165) is 36.6 Å². The van der Waals surface area contributed by atoms with Crippen molar-refractivity contribution < 1.29 is 4.74 Å². The van der Waals surface area contributed by atoms with Gasteiger partial charge in [-0.25, -0.2) is 4.98 Å². The molecule has 2 aromatic rings. The van der Waals surface area contributed by atoms with E-state index in [1.165, 1.54) is 6.42 Å². The maximum atomic E-state index is 6.22. The number of piperidine rings is 1. The molecule has 1 saturated heterocycles. The van der Waals surface area contributed by atoms with E-state index in [2.05, 4.69) is 14.7 Å². The lowest BCUT2D eigenvalue weighted by Crippen LogP contribution is -2.29. The first kappa shape index (κ1) is 11.8. The smallest absolute Gasteiger partial charge is 0.155 e. The molecule has 3 rings (SSSR count). The summed E-state index contributed by atoms with van der Waals surface area (Å²) in [5.74, 6) is 2.29. The summed E-state index contributed by atoms with van der Waals surface area (Å²) in [6.07, 6.45) is 4.33. The second-order valence-electron chi connectivity index (χ2n) is 4.63. The maximum Gasteiger partial charge on any atom is 0.155 e. The van der Waals surface area contributed by atoms with Crippen LogP contribution in [0, 0.1) is 0 Å². The Morgan fingerprint density at radius 2 is 2.44 bits per heavy atom. The summed E-state index contributed by atoms with van der Waals surface area (Å²) in [4.78, 5) is 4.52. The Bertz CT molecular complexity index is 561. The molecular formula is C13H16ClN3O. The molecule has 3 heterocycles. The van der Waals surface area contributed by atoms with E-state index in [4.69, 9.17) is 16.3 Å². The predicted molar refractivity (Wildman–Crippen MR) is 71.6 cm³/mol. The number of hydrogen-bond acceptors (Lipinski definition) is 3. The van der Waals surface area contributed by atoms with Crippen molar-refractivity contribution in [2.45, 2.75) is 18.8 Å². The first-order chi connectivity index (χ1) is 8.79. The Balaban J connectivity index is 2.07. The van der Waals surface area contributed by atoms with Crippen molar-refractivity contribution in [1.82, 2.24) is 14.7 Å². The summed E-state index contributed by atoms with van der Waals surface area (Å²) in [6, 6.07) is 3.86. The third kappa shape index (κ3) is 1.95. The fraction of sp³-hybridized carbons (Fsp3) is 0.462. The summed E-state index contributed by atoms with van der Waals surface area (Å²) >= 11 is 6.22. The lowest BCUT2D eigenvalue weighted by atomic mass is 9.99. The van der Waals surface area contributed by atoms with Crippen molar-refractivity contribution in [2.75, 3.05) is 20.2 Å². The van der Waals surface area contributed by atoms with Crippen LogP contribution in [0.5, 0.6) is 5.75 Å². The maximum absolute atomic E-state index is 6.22. The van der Waals surface area contributed by atoms with Gasteiger partial charge in [-0.2, -0.15) is 0 Å². The van der Waals surface area contributed by atoms with E-state index in [-0.39, 0.29) is 0 Å². The quantitative estimate of drug-likeness (QED) is 0.907. The summed E-state index contributed by atoms with van der Waals surface area (Å²) in [5.41, 5.74) is 0.914. The number of pyridine rings is 1. The molecule has 2 aromatic heterocycles. The van der Waals surface area contributed by atoms with Crippen molar-refractivity contribution >= 4 is 17.1 Å². The van der Waals surface area contributed by atoms with Crippen LogP contribution in [-0.2, 0) is 0 Å². The molecule has 5 heteroatoms. The van der Waals surface area contributed by atoms with Crippen molar-refractivity contribution in [2.24, 2.45) is 0 Å². The molecular weight excluding hydrogens is 250 g/mol. The van der Waals surface area contributed by atoms with Gasteiger partial charge in [0.05, 0.1) is 12.6 Å². The van der Waals surface area contributed by atoms with Gasteiger partial charge in [-0.15, -0.1) is 0 Å². The monoisotopic (exact) mass is 265 g/mol. The lowest BCUT2D eigenvalue weighted by Gasteiger charge is -2.21. The van der Waals surface area contributed by atoms with Gasteiger partial charge in [0.1, 0.15) is 11.6 Å². The minimum Gasteiger partial charge on any atom is -0.497 e. The van der Waals surface area contributed by atoms with Gasteiger partial charge < -0.3 is 14.5 Å². The van der Waals surface area contributed by atoms with Crippen LogP contribution in [0.1, 0.15) is 24.6 Å². The molecule has 18 heavy (non-hydrogen) atoms. The van der Waals surface area contributed by atoms with Crippen molar-refractivity contribution in [3.05, 3.63) is 29.3 Å². The van der Waals surface area contributed by atoms with Gasteiger partial charge in [0.2, 0.25) is 0 Å². The van der Waals surface area contributed by atoms with Gasteiger partial charge in [0.15, 0.2) is 5.15 Å². The Labute approximate surface area is 111 Å². The standard InChI is InChI=1S/C13H16ClN3O/c1-18-10-4-6-17-11(7-10)12(14)16-13(17)9-3-2-5-15-8-9/h4,6-7,9,15H,2-3,5,8H2,1H3. The molecule has 0 radical (unpaired) electrons. The number of fused-ring (bicyclic) bond motifs is 1. The summed E-state index contributed by atoms with van der Waals surface area (Å²) in [7, 11) is 1.65. The SMILES string of the molecule is COc1ccn2c(C3CCCNC3)nc(Cl)c2c1. The minimum atomic E-state index is 0.437. The lowest BCUT2D eigenvalue weighted by molar-refractivity contribution is 0.414. The molecule has 1 aliphatic heterocycles. The van der Waals surface area contributed by atoms with Crippen LogP contribution in [0.15, 0.2) is 18.3 Å². The van der Waals surface area contributed by atoms with Crippen LogP contribution in [0.2, 0.25) is 5.15 Å². The number of halogens is 1. The normalized spacial score (nSPS) is 20.2. The second kappa shape index (κ2) is 4.78. The van der Waals surface area contributed by atoms with E-state index < -0.39 is 0 Å². The van der Waals surface area contributed by atoms with Gasteiger partial charge in [0.25, 0.3) is 0 Å². The highest BCUT2D eigenvalue weighted by Crippen LogP contribution is 2.29. The van der Waals surface area contributed by atoms with E-state index in [0.29, 0.717) is 11.1 Å². The molecule has 1 fully saturated rings. The number of ether oxygens (including phenoxy) is 1. The molecule has 0 amide bonds. The fourth-order valence-electron chi connectivity index (χ4n) is 2.54. The number of imidazole rings is 1. The van der Waals surface area contributed by atoms with Gasteiger partial charge in [-0.05, 0) is 25.5 Å². The first-order valence-electron chi connectivity index (χ1n) is 6.22. The summed E-state index contributed by atoms with van der Waals surface area (Å²) in [6.45, 7) is 2.07. The highest BCUT2D eigenvalue weighted by atomic mass is 35.5. The number of methoxy groups -OCH3 is 1. The zero-order chi connectivity index (χ0) is 12.5. The molecule has 0 aliphatic carbocycles. The zero-order valence-electron chi connectivity index (χ0n) is 10.3. The summed E-state index contributed by atoms with van der Waals surface area (Å²) in [5, 5.41) is 3.96. The van der Waals surface area contributed by atoms with Gasteiger partial charge in [-0.3, -0.25) is 0 Å². The topological polar surface area (TPSA) is 38.6 Å². The van der Waals surface area contributed by atoms with E-state index in [9.17, 15) is 0 Å². The molecule has 1 N–H and O–H groups in total. The van der Waals surface area contributed by atoms with E-state index in [1.807, 2.05) is 18.3 Å². The van der Waals surface area contributed by atoms with Crippen LogP contribution >= 0.6 is 11.6 Å². The number of rotatable bonds is 2. The van der Waals surface area contributed by atoms with Crippen LogP contribution < -0.4 is 10.1 Å². The average molecular weight is 266 g/mol. The second-order valence-corrected chi connectivity index (χ2v) is 4.98. The first-order valence-corrected chi connectivity index (χ1v) is 6.59. The van der Waals surface area contributed by atoms with Crippen LogP contribution in [0.3, 0.4) is 0 Å². The Hall–Kier alpha value is -1.26. The third-order valence-electron chi connectivity index (χ3n) is 3.50. The van der Waals surface area contributed by atoms with Crippen molar-refractivity contribution in [1.29, 1.82) is 0 Å². The van der Waals surface area contributed by atoms with E-state index in [1.54, 1.807) is 7.11 Å². The number of aromatic nitrogens is 2. The molecule has 0 spiro atoms. The van der Waals surface area contributed by atoms with Crippen LogP contribution in [0.25, 0.3) is 5.52 Å². The molecule has 0 saturated carbocycles. The third-order valence-corrected chi connectivity index (χ3v) is 3.77. The number of nitrogens with zero attached hydrogens (tertiary/aromatic N) is 2. The molecule has 4 nitrogen and oxygen atoms in total.